The summed E-state index contributed by atoms with van der Waals surface area (Å²) in [4.78, 5) is 36.5. The molecule has 35 heavy (non-hydrogen) atoms. The highest BCUT2D eigenvalue weighted by Crippen LogP contribution is 2.40. The summed E-state index contributed by atoms with van der Waals surface area (Å²) < 4.78 is 11.4. The van der Waals surface area contributed by atoms with E-state index < -0.39 is 6.09 Å². The standard InChI is InChI=1S/C26H30N4O4S/c1-14(2)20-10-16(13-33-23-19-8-9-35-24(19)29-15(3)28-23)4-6-18(20)25(31)30-11-17-5-7-22(21(17)12-30)34-26(27)32/h4,6,8-10,14,17,21-22H,5,7,11-13H2,1-3H3,(H2,27,32). The summed E-state index contributed by atoms with van der Waals surface area (Å²) in [5.41, 5.74) is 7.94. The highest BCUT2D eigenvalue weighted by Gasteiger charge is 2.46. The number of carbonyl (C=O) groups excluding carboxylic acids is 2. The molecule has 2 amide bonds. The van der Waals surface area contributed by atoms with Crippen molar-refractivity contribution in [2.75, 3.05) is 13.1 Å². The number of fused-ring (bicyclic) bond motifs is 2. The van der Waals surface area contributed by atoms with E-state index in [0.717, 1.165) is 34.2 Å². The number of nitrogens with zero attached hydrogens (tertiary/aromatic N) is 3. The third-order valence-corrected chi connectivity index (χ3v) is 7.90. The number of ether oxygens (including phenoxy) is 2. The fourth-order valence-electron chi connectivity index (χ4n) is 5.41. The van der Waals surface area contributed by atoms with E-state index in [9.17, 15) is 9.59 Å². The summed E-state index contributed by atoms with van der Waals surface area (Å²) >= 11 is 1.57. The van der Waals surface area contributed by atoms with Crippen LogP contribution >= 0.6 is 11.3 Å². The molecule has 1 aliphatic heterocycles. The van der Waals surface area contributed by atoms with Gasteiger partial charge in [0.1, 0.15) is 23.4 Å². The molecule has 2 aliphatic rings. The number of nitrogens with two attached hydrogens (primary N) is 1. The molecule has 0 spiro atoms. The Morgan fingerprint density at radius 3 is 2.80 bits per heavy atom. The zero-order valence-corrected chi connectivity index (χ0v) is 21.0. The van der Waals surface area contributed by atoms with Gasteiger partial charge in [0, 0.05) is 24.6 Å². The van der Waals surface area contributed by atoms with Crippen molar-refractivity contribution in [3.8, 4) is 5.88 Å². The molecule has 2 aromatic heterocycles. The molecule has 5 rings (SSSR count). The first-order chi connectivity index (χ1) is 16.8. The van der Waals surface area contributed by atoms with Gasteiger partial charge in [-0.2, -0.15) is 4.98 Å². The van der Waals surface area contributed by atoms with E-state index in [0.29, 0.717) is 42.9 Å². The minimum absolute atomic E-state index is 0.0276. The summed E-state index contributed by atoms with van der Waals surface area (Å²) in [6.07, 6.45) is 0.826. The number of aryl methyl sites for hydroxylation is 1. The minimum atomic E-state index is -0.739. The lowest BCUT2D eigenvalue weighted by Gasteiger charge is -2.23. The summed E-state index contributed by atoms with van der Waals surface area (Å²) in [6, 6.07) is 7.90. The third kappa shape index (κ3) is 4.69. The predicted molar refractivity (Wildman–Crippen MR) is 134 cm³/mol. The molecule has 1 aliphatic carbocycles. The van der Waals surface area contributed by atoms with Gasteiger partial charge in [0.2, 0.25) is 5.88 Å². The van der Waals surface area contributed by atoms with E-state index >= 15 is 0 Å². The number of carbonyl (C=O) groups is 2. The van der Waals surface area contributed by atoms with Crippen LogP contribution in [-0.2, 0) is 11.3 Å². The quantitative estimate of drug-likeness (QED) is 0.535. The Labute approximate surface area is 208 Å². The van der Waals surface area contributed by atoms with E-state index in [1.807, 2.05) is 35.4 Å². The van der Waals surface area contributed by atoms with E-state index in [1.54, 1.807) is 11.3 Å². The number of likely N-dealkylation sites (tertiary alicyclic amines) is 1. The van der Waals surface area contributed by atoms with Gasteiger partial charge in [-0.05, 0) is 60.2 Å². The largest absolute Gasteiger partial charge is 0.472 e. The molecule has 1 aromatic carbocycles. The second-order valence-corrected chi connectivity index (χ2v) is 10.7. The van der Waals surface area contributed by atoms with Gasteiger partial charge in [0.25, 0.3) is 5.91 Å². The number of aromatic nitrogens is 2. The second kappa shape index (κ2) is 9.45. The zero-order valence-electron chi connectivity index (χ0n) is 20.2. The van der Waals surface area contributed by atoms with Gasteiger partial charge in [-0.15, -0.1) is 11.3 Å². The molecule has 3 atom stereocenters. The fourth-order valence-corrected chi connectivity index (χ4v) is 6.21. The molecule has 2 fully saturated rings. The van der Waals surface area contributed by atoms with Crippen molar-refractivity contribution >= 4 is 33.6 Å². The second-order valence-electron chi connectivity index (χ2n) is 9.77. The summed E-state index contributed by atoms with van der Waals surface area (Å²) in [6.45, 7) is 7.68. The minimum Gasteiger partial charge on any atom is -0.472 e. The third-order valence-electron chi connectivity index (χ3n) is 7.09. The molecule has 0 bridgehead atoms. The Morgan fingerprint density at radius 2 is 2.03 bits per heavy atom. The van der Waals surface area contributed by atoms with Crippen molar-refractivity contribution in [3.63, 3.8) is 0 Å². The first-order valence-corrected chi connectivity index (χ1v) is 12.9. The van der Waals surface area contributed by atoms with Crippen molar-refractivity contribution in [1.82, 2.24) is 14.9 Å². The first-order valence-electron chi connectivity index (χ1n) is 12.0. The van der Waals surface area contributed by atoms with E-state index in [2.05, 4.69) is 29.9 Å². The number of amides is 2. The summed E-state index contributed by atoms with van der Waals surface area (Å²) in [7, 11) is 0. The van der Waals surface area contributed by atoms with Gasteiger partial charge in [-0.25, -0.2) is 9.78 Å². The van der Waals surface area contributed by atoms with Crippen LogP contribution in [0.2, 0.25) is 0 Å². The van der Waals surface area contributed by atoms with Crippen molar-refractivity contribution in [3.05, 3.63) is 52.2 Å². The Morgan fingerprint density at radius 1 is 1.20 bits per heavy atom. The van der Waals surface area contributed by atoms with Crippen LogP contribution in [0, 0.1) is 18.8 Å². The average Bonchev–Trinajstić information content (AvgIpc) is 3.53. The summed E-state index contributed by atoms with van der Waals surface area (Å²) in [5, 5.41) is 2.90. The van der Waals surface area contributed by atoms with Gasteiger partial charge in [-0.3, -0.25) is 4.79 Å². The molecule has 9 heteroatoms. The Hall–Kier alpha value is -3.20. The number of primary amides is 1. The fraction of sp³-hybridized carbons (Fsp3) is 0.462. The highest BCUT2D eigenvalue weighted by molar-refractivity contribution is 7.16. The van der Waals surface area contributed by atoms with Gasteiger partial charge in [-0.1, -0.05) is 26.0 Å². The number of hydrogen-bond donors (Lipinski definition) is 1. The first kappa shape index (κ1) is 23.5. The van der Waals surface area contributed by atoms with Crippen LogP contribution in [0.25, 0.3) is 10.2 Å². The Balaban J connectivity index is 1.32. The number of hydrogen-bond acceptors (Lipinski definition) is 7. The molecule has 2 N–H and O–H groups in total. The SMILES string of the molecule is Cc1nc(OCc2ccc(C(=O)N3CC4CCC(OC(N)=O)C4C3)c(C(C)C)c2)c2ccsc2n1. The highest BCUT2D eigenvalue weighted by atomic mass is 32.1. The Kier molecular flexibility index (Phi) is 6.35. The topological polar surface area (TPSA) is 108 Å². The number of rotatable bonds is 6. The molecular formula is C26H30N4O4S. The summed E-state index contributed by atoms with van der Waals surface area (Å²) in [5.74, 6) is 1.97. The van der Waals surface area contributed by atoms with Crippen molar-refractivity contribution in [2.24, 2.45) is 17.6 Å². The average molecular weight is 495 g/mol. The van der Waals surface area contributed by atoms with Crippen molar-refractivity contribution in [2.45, 2.75) is 52.2 Å². The molecule has 8 nitrogen and oxygen atoms in total. The van der Waals surface area contributed by atoms with E-state index in [1.165, 1.54) is 0 Å². The lowest BCUT2D eigenvalue weighted by molar-refractivity contribution is 0.0694. The molecular weight excluding hydrogens is 464 g/mol. The zero-order chi connectivity index (χ0) is 24.7. The smallest absolute Gasteiger partial charge is 0.404 e. The van der Waals surface area contributed by atoms with Crippen LogP contribution < -0.4 is 10.5 Å². The molecule has 1 saturated carbocycles. The van der Waals surface area contributed by atoms with Crippen LogP contribution in [-0.4, -0.2) is 46.1 Å². The molecule has 3 heterocycles. The predicted octanol–water partition coefficient (Wildman–Crippen LogP) is 4.65. The van der Waals surface area contributed by atoms with Gasteiger partial charge >= 0.3 is 6.09 Å². The molecule has 1 saturated heterocycles. The maximum absolute atomic E-state index is 13.5. The molecule has 0 radical (unpaired) electrons. The van der Waals surface area contributed by atoms with Gasteiger partial charge in [0.05, 0.1) is 5.39 Å². The van der Waals surface area contributed by atoms with Crippen LogP contribution in [0.1, 0.15) is 59.9 Å². The van der Waals surface area contributed by atoms with Crippen LogP contribution in [0.4, 0.5) is 4.79 Å². The lowest BCUT2D eigenvalue weighted by Crippen LogP contribution is -2.33. The Bertz CT molecular complexity index is 1270. The van der Waals surface area contributed by atoms with Gasteiger partial charge < -0.3 is 20.1 Å². The lowest BCUT2D eigenvalue weighted by atomic mass is 9.94. The monoisotopic (exact) mass is 494 g/mol. The number of benzene rings is 1. The van der Waals surface area contributed by atoms with Crippen LogP contribution in [0.15, 0.2) is 29.6 Å². The maximum Gasteiger partial charge on any atom is 0.404 e. The van der Waals surface area contributed by atoms with Crippen molar-refractivity contribution in [1.29, 1.82) is 0 Å². The van der Waals surface area contributed by atoms with E-state index in [-0.39, 0.29) is 23.8 Å². The molecule has 3 unspecified atom stereocenters. The van der Waals surface area contributed by atoms with E-state index in [4.69, 9.17) is 15.2 Å². The number of thiophene rings is 1. The van der Waals surface area contributed by atoms with Gasteiger partial charge in [0.15, 0.2) is 0 Å². The van der Waals surface area contributed by atoms with Crippen LogP contribution in [0.5, 0.6) is 5.88 Å². The van der Waals surface area contributed by atoms with Crippen molar-refractivity contribution < 1.29 is 19.1 Å². The molecule has 3 aromatic rings. The normalized spacial score (nSPS) is 21.5. The van der Waals surface area contributed by atoms with Crippen LogP contribution in [0.3, 0.4) is 0 Å². The molecule has 184 valence electrons. The maximum atomic E-state index is 13.5.